The van der Waals surface area contributed by atoms with Crippen LogP contribution < -0.4 is 15.4 Å². The number of ether oxygens (including phenoxy) is 1. The largest absolute Gasteiger partial charge is 0.489 e. The van der Waals surface area contributed by atoms with E-state index >= 15 is 0 Å². The SMILES string of the molecule is CN1CCN(C(=O)c2ccc(C(=O)NC(=S)Nc3cccc(OCc4ccccc4)c3)cn2)CC1. The smallest absolute Gasteiger partial charge is 0.272 e. The Kier molecular flexibility index (Phi) is 8.02. The Bertz CT molecular complexity index is 1180. The minimum Gasteiger partial charge on any atom is -0.489 e. The van der Waals surface area contributed by atoms with Gasteiger partial charge >= 0.3 is 0 Å². The van der Waals surface area contributed by atoms with Gasteiger partial charge in [-0.05, 0) is 49.1 Å². The van der Waals surface area contributed by atoms with E-state index < -0.39 is 5.91 Å². The lowest BCUT2D eigenvalue weighted by molar-refractivity contribution is 0.0657. The Balaban J connectivity index is 1.29. The molecule has 2 aromatic carbocycles. The lowest BCUT2D eigenvalue weighted by Gasteiger charge is -2.32. The van der Waals surface area contributed by atoms with Crippen LogP contribution >= 0.6 is 12.2 Å². The minimum absolute atomic E-state index is 0.128. The third kappa shape index (κ3) is 6.84. The summed E-state index contributed by atoms with van der Waals surface area (Å²) in [6, 6.07) is 20.4. The van der Waals surface area contributed by atoms with E-state index in [9.17, 15) is 9.59 Å². The molecular formula is C26H27N5O3S. The molecule has 4 rings (SSSR count). The molecule has 0 bridgehead atoms. The van der Waals surface area contributed by atoms with Gasteiger partial charge in [-0.15, -0.1) is 0 Å². The fourth-order valence-corrected chi connectivity index (χ4v) is 3.78. The van der Waals surface area contributed by atoms with Crippen molar-refractivity contribution in [3.05, 3.63) is 89.7 Å². The number of likely N-dealkylation sites (N-methyl/N-ethyl adjacent to an activating group) is 1. The molecule has 3 aromatic rings. The Hall–Kier alpha value is -3.82. The average Bonchev–Trinajstić information content (AvgIpc) is 2.88. The van der Waals surface area contributed by atoms with Crippen LogP contribution in [-0.2, 0) is 6.61 Å². The molecule has 1 saturated heterocycles. The van der Waals surface area contributed by atoms with Crippen molar-refractivity contribution in [3.63, 3.8) is 0 Å². The van der Waals surface area contributed by atoms with Crippen molar-refractivity contribution < 1.29 is 14.3 Å². The summed E-state index contributed by atoms with van der Waals surface area (Å²) in [6.45, 7) is 3.44. The number of thiocarbonyl (C=S) groups is 1. The topological polar surface area (TPSA) is 86.8 Å². The first-order valence-corrected chi connectivity index (χ1v) is 11.7. The Morgan fingerprint density at radius 1 is 1.00 bits per heavy atom. The van der Waals surface area contributed by atoms with Crippen molar-refractivity contribution in [1.82, 2.24) is 20.1 Å². The van der Waals surface area contributed by atoms with Crippen LogP contribution in [-0.4, -0.2) is 64.9 Å². The van der Waals surface area contributed by atoms with Crippen molar-refractivity contribution in [2.24, 2.45) is 0 Å². The quantitative estimate of drug-likeness (QED) is 0.515. The summed E-state index contributed by atoms with van der Waals surface area (Å²) in [6.07, 6.45) is 1.39. The molecule has 0 aliphatic carbocycles. The molecule has 1 aliphatic heterocycles. The summed E-state index contributed by atoms with van der Waals surface area (Å²) in [5.74, 6) is 0.138. The molecule has 0 spiro atoms. The van der Waals surface area contributed by atoms with Crippen LogP contribution in [0.15, 0.2) is 72.9 Å². The molecule has 35 heavy (non-hydrogen) atoms. The number of hydrogen-bond donors (Lipinski definition) is 2. The summed E-state index contributed by atoms with van der Waals surface area (Å²) in [4.78, 5) is 33.4. The number of pyridine rings is 1. The fraction of sp³-hybridized carbons (Fsp3) is 0.231. The van der Waals surface area contributed by atoms with Gasteiger partial charge in [-0.2, -0.15) is 0 Å². The van der Waals surface area contributed by atoms with Gasteiger partial charge in [0.15, 0.2) is 5.11 Å². The second-order valence-corrected chi connectivity index (χ2v) is 8.65. The van der Waals surface area contributed by atoms with Gasteiger partial charge in [-0.1, -0.05) is 36.4 Å². The number of rotatable bonds is 6. The maximum absolute atomic E-state index is 12.6. The second kappa shape index (κ2) is 11.5. The highest BCUT2D eigenvalue weighted by Gasteiger charge is 2.21. The predicted octanol–water partition coefficient (Wildman–Crippen LogP) is 3.18. The first kappa shape index (κ1) is 24.3. The third-order valence-corrected chi connectivity index (χ3v) is 5.81. The maximum atomic E-state index is 12.6. The highest BCUT2D eigenvalue weighted by Crippen LogP contribution is 2.18. The number of piperazine rings is 1. The van der Waals surface area contributed by atoms with Crippen molar-refractivity contribution >= 4 is 34.8 Å². The van der Waals surface area contributed by atoms with Crippen LogP contribution in [0.4, 0.5) is 5.69 Å². The molecule has 2 N–H and O–H groups in total. The molecule has 0 atom stereocenters. The van der Waals surface area contributed by atoms with E-state index in [2.05, 4.69) is 20.5 Å². The van der Waals surface area contributed by atoms with Crippen LogP contribution in [0.2, 0.25) is 0 Å². The van der Waals surface area contributed by atoms with Crippen LogP contribution in [0, 0.1) is 0 Å². The Morgan fingerprint density at radius 3 is 2.49 bits per heavy atom. The zero-order valence-electron chi connectivity index (χ0n) is 19.4. The van der Waals surface area contributed by atoms with E-state index in [1.54, 1.807) is 17.0 Å². The summed E-state index contributed by atoms with van der Waals surface area (Å²) in [5, 5.41) is 5.78. The minimum atomic E-state index is -0.412. The van der Waals surface area contributed by atoms with Gasteiger partial charge in [0.1, 0.15) is 18.1 Å². The molecule has 1 fully saturated rings. The molecule has 0 radical (unpaired) electrons. The van der Waals surface area contributed by atoms with Crippen molar-refractivity contribution in [2.45, 2.75) is 6.61 Å². The van der Waals surface area contributed by atoms with E-state index in [0.29, 0.717) is 42.4 Å². The zero-order valence-corrected chi connectivity index (χ0v) is 20.3. The van der Waals surface area contributed by atoms with Gasteiger partial charge in [0.2, 0.25) is 0 Å². The molecule has 1 aliphatic rings. The molecule has 2 heterocycles. The number of anilines is 1. The highest BCUT2D eigenvalue weighted by molar-refractivity contribution is 7.80. The van der Waals surface area contributed by atoms with Gasteiger partial charge in [-0.3, -0.25) is 19.9 Å². The van der Waals surface area contributed by atoms with Crippen molar-refractivity contribution in [2.75, 3.05) is 38.5 Å². The lowest BCUT2D eigenvalue weighted by Crippen LogP contribution is -2.47. The van der Waals surface area contributed by atoms with Crippen LogP contribution in [0.25, 0.3) is 0 Å². The summed E-state index contributed by atoms with van der Waals surface area (Å²) in [7, 11) is 2.03. The molecule has 0 saturated carbocycles. The van der Waals surface area contributed by atoms with Gasteiger partial charge in [-0.25, -0.2) is 0 Å². The molecule has 2 amide bonds. The zero-order chi connectivity index (χ0) is 24.6. The summed E-state index contributed by atoms with van der Waals surface area (Å²) >= 11 is 5.29. The summed E-state index contributed by atoms with van der Waals surface area (Å²) < 4.78 is 5.83. The van der Waals surface area contributed by atoms with Crippen molar-refractivity contribution in [3.8, 4) is 5.75 Å². The number of nitrogens with one attached hydrogen (secondary N) is 2. The second-order valence-electron chi connectivity index (χ2n) is 8.24. The lowest BCUT2D eigenvalue weighted by atomic mass is 10.2. The molecule has 8 nitrogen and oxygen atoms in total. The molecule has 0 unspecified atom stereocenters. The average molecular weight is 490 g/mol. The van der Waals surface area contributed by atoms with Crippen LogP contribution in [0.3, 0.4) is 0 Å². The Labute approximate surface area is 209 Å². The molecule has 9 heteroatoms. The number of amides is 2. The number of carbonyl (C=O) groups excluding carboxylic acids is 2. The van der Waals surface area contributed by atoms with E-state index in [-0.39, 0.29) is 11.0 Å². The maximum Gasteiger partial charge on any atom is 0.272 e. The van der Waals surface area contributed by atoms with E-state index in [4.69, 9.17) is 17.0 Å². The Morgan fingerprint density at radius 2 is 1.77 bits per heavy atom. The van der Waals surface area contributed by atoms with E-state index in [1.165, 1.54) is 6.20 Å². The number of aromatic nitrogens is 1. The third-order valence-electron chi connectivity index (χ3n) is 5.60. The number of hydrogen-bond acceptors (Lipinski definition) is 6. The molecular weight excluding hydrogens is 462 g/mol. The van der Waals surface area contributed by atoms with E-state index in [0.717, 1.165) is 18.7 Å². The number of nitrogens with zero attached hydrogens (tertiary/aromatic N) is 3. The first-order valence-electron chi connectivity index (χ1n) is 11.3. The molecule has 1 aromatic heterocycles. The number of carbonyl (C=O) groups is 2. The first-order chi connectivity index (χ1) is 17.0. The van der Waals surface area contributed by atoms with Gasteiger partial charge < -0.3 is 19.9 Å². The van der Waals surface area contributed by atoms with Gasteiger partial charge in [0, 0.05) is 44.1 Å². The highest BCUT2D eigenvalue weighted by atomic mass is 32.1. The van der Waals surface area contributed by atoms with E-state index in [1.807, 2.05) is 61.6 Å². The van der Waals surface area contributed by atoms with Crippen molar-refractivity contribution in [1.29, 1.82) is 0 Å². The number of benzene rings is 2. The molecule has 180 valence electrons. The van der Waals surface area contributed by atoms with Crippen LogP contribution in [0.5, 0.6) is 5.75 Å². The van der Waals surface area contributed by atoms with Gasteiger partial charge in [0.05, 0.1) is 5.56 Å². The standard InChI is InChI=1S/C26H27N5O3S/c1-30-12-14-31(15-13-30)25(33)23-11-10-20(17-27-23)24(32)29-26(35)28-21-8-5-9-22(16-21)34-18-19-6-3-2-4-7-19/h2-11,16-17H,12-15,18H2,1H3,(H2,28,29,32,35). The van der Waals surface area contributed by atoms with Crippen LogP contribution in [0.1, 0.15) is 26.4 Å². The fourth-order valence-electron chi connectivity index (χ4n) is 3.57. The normalized spacial score (nSPS) is 13.7. The van der Waals surface area contributed by atoms with Gasteiger partial charge in [0.25, 0.3) is 11.8 Å². The summed E-state index contributed by atoms with van der Waals surface area (Å²) in [5.41, 5.74) is 2.38. The predicted molar refractivity (Wildman–Crippen MR) is 139 cm³/mol. The monoisotopic (exact) mass is 489 g/mol.